The lowest BCUT2D eigenvalue weighted by molar-refractivity contribution is 0.794. The van der Waals surface area contributed by atoms with Gasteiger partial charge in [0.25, 0.3) is 0 Å². The molecule has 0 aliphatic heterocycles. The van der Waals surface area contributed by atoms with Crippen molar-refractivity contribution in [2.75, 3.05) is 0 Å². The lowest BCUT2D eigenvalue weighted by Gasteiger charge is -2.23. The van der Waals surface area contributed by atoms with Crippen LogP contribution in [0.4, 0.5) is 0 Å². The van der Waals surface area contributed by atoms with Gasteiger partial charge in [0.05, 0.1) is 0 Å². The third-order valence-electron chi connectivity index (χ3n) is 1.68. The monoisotopic (exact) mass is 284 g/mol. The molecule has 0 N–H and O–H groups in total. The molecular weight excluding hydrogens is 256 g/mol. The molecule has 2 heteroatoms. The van der Waals surface area contributed by atoms with E-state index in [1.807, 2.05) is 37.4 Å². The highest BCUT2D eigenvalue weighted by Gasteiger charge is 2.18. The predicted molar refractivity (Wildman–Crippen MR) is 89.0 cm³/mol. The van der Waals surface area contributed by atoms with Crippen LogP contribution in [-0.4, -0.2) is 9.49 Å². The summed E-state index contributed by atoms with van der Waals surface area (Å²) in [7, 11) is 0. The van der Waals surface area contributed by atoms with E-state index in [0.717, 1.165) is 0 Å². The molecule has 18 heavy (non-hydrogen) atoms. The molecule has 1 aromatic carbocycles. The molecule has 0 aromatic heterocycles. The molecule has 0 unspecified atom stereocenters. The van der Waals surface area contributed by atoms with Crippen molar-refractivity contribution in [2.24, 2.45) is 0 Å². The molecule has 0 bridgehead atoms. The van der Waals surface area contributed by atoms with Crippen LogP contribution in [0.1, 0.15) is 55.4 Å². The van der Waals surface area contributed by atoms with Gasteiger partial charge in [-0.2, -0.15) is 0 Å². The van der Waals surface area contributed by atoms with Crippen LogP contribution in [0.3, 0.4) is 0 Å². The summed E-state index contributed by atoms with van der Waals surface area (Å²) in [6, 6.07) is 8.70. The van der Waals surface area contributed by atoms with Gasteiger partial charge < -0.3 is 0 Å². The van der Waals surface area contributed by atoms with Crippen LogP contribution >= 0.6 is 23.5 Å². The van der Waals surface area contributed by atoms with E-state index < -0.39 is 0 Å². The average Bonchev–Trinajstić information content (AvgIpc) is 2.20. The van der Waals surface area contributed by atoms with Crippen LogP contribution in [0, 0.1) is 0 Å². The summed E-state index contributed by atoms with van der Waals surface area (Å²) in [6.45, 7) is 17.6. The summed E-state index contributed by atoms with van der Waals surface area (Å²) in [6.07, 6.45) is 0. The van der Waals surface area contributed by atoms with E-state index >= 15 is 0 Å². The quantitative estimate of drug-likeness (QED) is 0.569. The standard InChI is InChI=1S/C14H22S2.C2H6/c1-13(2,3)15-11-9-7-8-10-12(11)16-14(4,5)6;1-2/h7-10H,1-6H3;1-2H3. The smallest absolute Gasteiger partial charge is 0.0214 e. The molecule has 0 saturated carbocycles. The van der Waals surface area contributed by atoms with Gasteiger partial charge >= 0.3 is 0 Å². The Morgan fingerprint density at radius 2 is 0.944 bits per heavy atom. The molecule has 1 rings (SSSR count). The first-order chi connectivity index (χ1) is 8.17. The van der Waals surface area contributed by atoms with Crippen molar-refractivity contribution in [3.05, 3.63) is 24.3 Å². The molecule has 0 aliphatic carbocycles. The van der Waals surface area contributed by atoms with Gasteiger partial charge in [-0.25, -0.2) is 0 Å². The Labute approximate surface area is 122 Å². The minimum Gasteiger partial charge on any atom is -0.119 e. The summed E-state index contributed by atoms with van der Waals surface area (Å²) in [5, 5.41) is 0. The molecule has 0 saturated heterocycles. The largest absolute Gasteiger partial charge is 0.119 e. The van der Waals surface area contributed by atoms with Crippen molar-refractivity contribution in [3.8, 4) is 0 Å². The minimum atomic E-state index is 0.272. The second-order valence-electron chi connectivity index (χ2n) is 5.88. The second-order valence-corrected chi connectivity index (χ2v) is 9.61. The van der Waals surface area contributed by atoms with Crippen molar-refractivity contribution in [3.63, 3.8) is 0 Å². The van der Waals surface area contributed by atoms with Gasteiger partial charge in [0, 0.05) is 19.3 Å². The maximum Gasteiger partial charge on any atom is 0.0214 e. The Hall–Kier alpha value is -0.0800. The predicted octanol–water partition coefficient (Wildman–Crippen LogP) is 6.49. The first-order valence-corrected chi connectivity index (χ1v) is 8.28. The van der Waals surface area contributed by atoms with E-state index in [-0.39, 0.29) is 9.49 Å². The Kier molecular flexibility index (Phi) is 7.46. The molecule has 0 amide bonds. The summed E-state index contributed by atoms with van der Waals surface area (Å²) in [5.41, 5.74) is 0. The van der Waals surface area contributed by atoms with E-state index in [2.05, 4.69) is 65.8 Å². The van der Waals surface area contributed by atoms with E-state index in [1.54, 1.807) is 0 Å². The van der Waals surface area contributed by atoms with Gasteiger partial charge in [0.15, 0.2) is 0 Å². The first kappa shape index (κ1) is 17.9. The molecule has 0 heterocycles. The summed E-state index contributed by atoms with van der Waals surface area (Å²) in [4.78, 5) is 2.80. The van der Waals surface area contributed by atoms with Gasteiger partial charge in [-0.3, -0.25) is 0 Å². The van der Waals surface area contributed by atoms with Crippen molar-refractivity contribution >= 4 is 23.5 Å². The highest BCUT2D eigenvalue weighted by atomic mass is 32.2. The molecular formula is C16H28S2. The molecule has 0 atom stereocenters. The summed E-state index contributed by atoms with van der Waals surface area (Å²) >= 11 is 3.89. The van der Waals surface area contributed by atoms with Crippen LogP contribution in [0.5, 0.6) is 0 Å². The molecule has 0 radical (unpaired) electrons. The second kappa shape index (κ2) is 7.49. The average molecular weight is 285 g/mol. The maximum absolute atomic E-state index is 2.26. The number of hydrogen-bond donors (Lipinski definition) is 0. The van der Waals surface area contributed by atoms with Gasteiger partial charge in [-0.05, 0) is 12.1 Å². The van der Waals surface area contributed by atoms with Crippen LogP contribution in [0.2, 0.25) is 0 Å². The van der Waals surface area contributed by atoms with E-state index in [4.69, 9.17) is 0 Å². The fourth-order valence-electron chi connectivity index (χ4n) is 1.28. The zero-order valence-electron chi connectivity index (χ0n) is 13.1. The van der Waals surface area contributed by atoms with Gasteiger partial charge in [0.1, 0.15) is 0 Å². The SMILES string of the molecule is CC.CC(C)(C)Sc1ccccc1SC(C)(C)C. The zero-order valence-corrected chi connectivity index (χ0v) is 14.8. The van der Waals surface area contributed by atoms with Gasteiger partial charge in [0.2, 0.25) is 0 Å². The topological polar surface area (TPSA) is 0 Å². The number of benzene rings is 1. The summed E-state index contributed by atoms with van der Waals surface area (Å²) in [5.74, 6) is 0. The van der Waals surface area contributed by atoms with Gasteiger partial charge in [-0.15, -0.1) is 23.5 Å². The van der Waals surface area contributed by atoms with E-state index in [0.29, 0.717) is 0 Å². The molecule has 0 aliphatic rings. The van der Waals surface area contributed by atoms with Crippen LogP contribution in [-0.2, 0) is 0 Å². The van der Waals surface area contributed by atoms with Crippen molar-refractivity contribution in [1.29, 1.82) is 0 Å². The highest BCUT2D eigenvalue weighted by molar-refractivity contribution is 8.03. The molecule has 0 spiro atoms. The number of hydrogen-bond acceptors (Lipinski definition) is 2. The lowest BCUT2D eigenvalue weighted by Crippen LogP contribution is -2.09. The fraction of sp³-hybridized carbons (Fsp3) is 0.625. The Morgan fingerprint density at radius 3 is 1.17 bits per heavy atom. The highest BCUT2D eigenvalue weighted by Crippen LogP contribution is 2.41. The number of rotatable bonds is 2. The molecule has 1 aromatic rings. The lowest BCUT2D eigenvalue weighted by atomic mass is 10.3. The van der Waals surface area contributed by atoms with Crippen LogP contribution in [0.15, 0.2) is 34.1 Å². The molecule has 0 nitrogen and oxygen atoms in total. The van der Waals surface area contributed by atoms with Crippen molar-refractivity contribution in [2.45, 2.75) is 74.7 Å². The maximum atomic E-state index is 2.26. The third kappa shape index (κ3) is 8.10. The summed E-state index contributed by atoms with van der Waals surface area (Å²) < 4.78 is 0.545. The first-order valence-electron chi connectivity index (χ1n) is 6.64. The molecule has 104 valence electrons. The van der Waals surface area contributed by atoms with Crippen LogP contribution < -0.4 is 0 Å². The van der Waals surface area contributed by atoms with E-state index in [9.17, 15) is 0 Å². The van der Waals surface area contributed by atoms with Crippen molar-refractivity contribution in [1.82, 2.24) is 0 Å². The van der Waals surface area contributed by atoms with Crippen LogP contribution in [0.25, 0.3) is 0 Å². The Morgan fingerprint density at radius 1 is 0.667 bits per heavy atom. The normalized spacial score (nSPS) is 11.8. The minimum absolute atomic E-state index is 0.272. The van der Waals surface area contributed by atoms with Crippen molar-refractivity contribution < 1.29 is 0 Å². The zero-order chi connectivity index (χ0) is 14.4. The van der Waals surface area contributed by atoms with Gasteiger partial charge in [-0.1, -0.05) is 67.5 Å². The Bertz CT molecular complexity index is 308. The third-order valence-corrected chi connectivity index (χ3v) is 4.19. The molecule has 0 fully saturated rings. The fourth-order valence-corrected chi connectivity index (χ4v) is 3.48. The Balaban J connectivity index is 0.00000137. The van der Waals surface area contributed by atoms with E-state index in [1.165, 1.54) is 9.79 Å². The number of thioether (sulfide) groups is 2.